The number of fused-ring (bicyclic) bond motifs is 1. The van der Waals surface area contributed by atoms with Gasteiger partial charge in [-0.05, 0) is 6.92 Å². The van der Waals surface area contributed by atoms with Gasteiger partial charge >= 0.3 is 0 Å². The summed E-state index contributed by atoms with van der Waals surface area (Å²) in [5, 5.41) is 14.7. The van der Waals surface area contributed by atoms with Crippen LogP contribution in [0, 0.1) is 0 Å². The highest BCUT2D eigenvalue weighted by Crippen LogP contribution is 2.20. The van der Waals surface area contributed by atoms with Gasteiger partial charge in [-0.1, -0.05) is 11.6 Å². The minimum absolute atomic E-state index is 0.352. The number of halogens is 1. The largest absolute Gasteiger partial charge is 0.392 e. The Morgan fingerprint density at radius 1 is 1.73 bits per heavy atom. The normalized spacial score (nSPS) is 13.5. The van der Waals surface area contributed by atoms with E-state index >= 15 is 0 Å². The van der Waals surface area contributed by atoms with Crippen molar-refractivity contribution in [3.8, 4) is 0 Å². The summed E-state index contributed by atoms with van der Waals surface area (Å²) in [6.07, 6.45) is 1.59. The second-order valence-corrected chi connectivity index (χ2v) is 4.62. The molecule has 0 aliphatic rings. The second kappa shape index (κ2) is 4.49. The van der Waals surface area contributed by atoms with E-state index in [9.17, 15) is 0 Å². The van der Waals surface area contributed by atoms with Crippen molar-refractivity contribution in [3.05, 3.63) is 22.4 Å². The molecule has 0 radical (unpaired) electrons. The average Bonchev–Trinajstić information content (AvgIpc) is 2.68. The number of aliphatic hydroxyl groups excluding tert-OH is 1. The van der Waals surface area contributed by atoms with Crippen molar-refractivity contribution in [2.45, 2.75) is 19.6 Å². The lowest BCUT2D eigenvalue weighted by atomic mass is 10.4. The smallest absolute Gasteiger partial charge is 0.195 e. The van der Waals surface area contributed by atoms with Gasteiger partial charge in [0.15, 0.2) is 10.1 Å². The van der Waals surface area contributed by atoms with Crippen LogP contribution in [-0.4, -0.2) is 27.1 Å². The molecular weight excluding hydrogens is 234 g/mol. The van der Waals surface area contributed by atoms with Crippen LogP contribution in [0.1, 0.15) is 12.6 Å². The van der Waals surface area contributed by atoms with Crippen molar-refractivity contribution < 1.29 is 5.11 Å². The van der Waals surface area contributed by atoms with Crippen LogP contribution in [-0.2, 0) is 6.54 Å². The van der Waals surface area contributed by atoms with Crippen molar-refractivity contribution in [2.75, 3.05) is 6.54 Å². The summed E-state index contributed by atoms with van der Waals surface area (Å²) >= 11 is 7.55. The number of aliphatic hydroxyl groups is 1. The van der Waals surface area contributed by atoms with Gasteiger partial charge in [-0.3, -0.25) is 4.40 Å². The Hall–Kier alpha value is -0.620. The molecule has 2 heterocycles. The Labute approximate surface area is 96.5 Å². The lowest BCUT2D eigenvalue weighted by Gasteiger charge is -2.06. The average molecular weight is 246 g/mol. The number of hydrogen-bond acceptors (Lipinski definition) is 4. The predicted octanol–water partition coefficient (Wildman–Crippen LogP) is 1.52. The molecule has 0 aromatic carbocycles. The number of aromatic nitrogens is 2. The predicted molar refractivity (Wildman–Crippen MR) is 61.5 cm³/mol. The SMILES string of the molecule is C[C@H](O)CNCc1c(Cl)nc2sccn12. The van der Waals surface area contributed by atoms with E-state index in [4.69, 9.17) is 16.7 Å². The van der Waals surface area contributed by atoms with Gasteiger partial charge in [0, 0.05) is 24.7 Å². The first kappa shape index (κ1) is 10.9. The molecule has 0 spiro atoms. The van der Waals surface area contributed by atoms with Crippen LogP contribution in [0.2, 0.25) is 5.15 Å². The van der Waals surface area contributed by atoms with E-state index < -0.39 is 0 Å². The van der Waals surface area contributed by atoms with Crippen LogP contribution in [0.4, 0.5) is 0 Å². The quantitative estimate of drug-likeness (QED) is 0.859. The molecule has 0 saturated carbocycles. The van der Waals surface area contributed by atoms with Crippen LogP contribution in [0.15, 0.2) is 11.6 Å². The molecule has 2 rings (SSSR count). The molecule has 0 bridgehead atoms. The standard InChI is InChI=1S/C9H12ClN3OS/c1-6(14)4-11-5-7-8(10)12-9-13(7)2-3-15-9/h2-3,6,11,14H,4-5H2,1H3/t6-/m0/s1. The zero-order chi connectivity index (χ0) is 10.8. The van der Waals surface area contributed by atoms with Crippen molar-refractivity contribution >= 4 is 27.9 Å². The monoisotopic (exact) mass is 245 g/mol. The van der Waals surface area contributed by atoms with Crippen molar-refractivity contribution in [3.63, 3.8) is 0 Å². The maximum Gasteiger partial charge on any atom is 0.195 e. The fourth-order valence-corrected chi connectivity index (χ4v) is 2.38. The van der Waals surface area contributed by atoms with E-state index in [1.165, 1.54) is 0 Å². The number of nitrogens with one attached hydrogen (secondary N) is 1. The molecule has 0 amide bonds. The molecule has 6 heteroatoms. The lowest BCUT2D eigenvalue weighted by Crippen LogP contribution is -2.24. The molecule has 4 nitrogen and oxygen atoms in total. The van der Waals surface area contributed by atoms with Gasteiger partial charge < -0.3 is 10.4 Å². The number of hydrogen-bond donors (Lipinski definition) is 2. The van der Waals surface area contributed by atoms with Crippen molar-refractivity contribution in [2.24, 2.45) is 0 Å². The third-order valence-corrected chi connectivity index (χ3v) is 3.10. The third-order valence-electron chi connectivity index (χ3n) is 2.04. The molecular formula is C9H12ClN3OS. The number of rotatable bonds is 4. The molecule has 0 aliphatic carbocycles. The third kappa shape index (κ3) is 2.31. The van der Waals surface area contributed by atoms with E-state index in [0.29, 0.717) is 18.2 Å². The van der Waals surface area contributed by atoms with Crippen LogP contribution in [0.3, 0.4) is 0 Å². The van der Waals surface area contributed by atoms with Gasteiger partial charge in [-0.2, -0.15) is 0 Å². The van der Waals surface area contributed by atoms with Crippen molar-refractivity contribution in [1.82, 2.24) is 14.7 Å². The Morgan fingerprint density at radius 2 is 2.53 bits per heavy atom. The maximum atomic E-state index is 9.11. The minimum atomic E-state index is -0.352. The summed E-state index contributed by atoms with van der Waals surface area (Å²) < 4.78 is 1.96. The molecule has 1 atom stereocenters. The van der Waals surface area contributed by atoms with E-state index in [-0.39, 0.29) is 6.10 Å². The summed E-state index contributed by atoms with van der Waals surface area (Å²) in [6, 6.07) is 0. The number of imidazole rings is 1. The second-order valence-electron chi connectivity index (χ2n) is 3.38. The lowest BCUT2D eigenvalue weighted by molar-refractivity contribution is 0.191. The fourth-order valence-electron chi connectivity index (χ4n) is 1.36. The topological polar surface area (TPSA) is 49.6 Å². The maximum absolute atomic E-state index is 9.11. The first-order valence-corrected chi connectivity index (χ1v) is 5.93. The van der Waals surface area contributed by atoms with E-state index in [0.717, 1.165) is 10.7 Å². The van der Waals surface area contributed by atoms with Crippen LogP contribution in [0.5, 0.6) is 0 Å². The zero-order valence-corrected chi connectivity index (χ0v) is 9.85. The Kier molecular flexibility index (Phi) is 3.25. The van der Waals surface area contributed by atoms with Crippen LogP contribution >= 0.6 is 22.9 Å². The summed E-state index contributed by atoms with van der Waals surface area (Å²) in [7, 11) is 0. The molecule has 0 fully saturated rings. The molecule has 0 unspecified atom stereocenters. The molecule has 2 aromatic heterocycles. The summed E-state index contributed by atoms with van der Waals surface area (Å²) in [6.45, 7) is 2.90. The minimum Gasteiger partial charge on any atom is -0.392 e. The fraction of sp³-hybridized carbons (Fsp3) is 0.444. The van der Waals surface area contributed by atoms with Crippen LogP contribution in [0.25, 0.3) is 4.96 Å². The van der Waals surface area contributed by atoms with E-state index in [1.54, 1.807) is 18.3 Å². The van der Waals surface area contributed by atoms with E-state index in [2.05, 4.69) is 10.3 Å². The van der Waals surface area contributed by atoms with Gasteiger partial charge in [0.05, 0.1) is 11.8 Å². The highest BCUT2D eigenvalue weighted by Gasteiger charge is 2.10. The van der Waals surface area contributed by atoms with Gasteiger partial charge in [-0.15, -0.1) is 11.3 Å². The van der Waals surface area contributed by atoms with Crippen LogP contribution < -0.4 is 5.32 Å². The summed E-state index contributed by atoms with van der Waals surface area (Å²) in [5.74, 6) is 0. The van der Waals surface area contributed by atoms with Gasteiger partial charge in [0.1, 0.15) is 0 Å². The highest BCUT2D eigenvalue weighted by molar-refractivity contribution is 7.15. The van der Waals surface area contributed by atoms with Gasteiger partial charge in [-0.25, -0.2) is 4.98 Å². The highest BCUT2D eigenvalue weighted by atomic mass is 35.5. The van der Waals surface area contributed by atoms with E-state index in [1.807, 2.05) is 16.0 Å². The molecule has 2 N–H and O–H groups in total. The molecule has 2 aromatic rings. The molecule has 0 saturated heterocycles. The first-order chi connectivity index (χ1) is 7.18. The molecule has 82 valence electrons. The van der Waals surface area contributed by atoms with Gasteiger partial charge in [0.25, 0.3) is 0 Å². The Morgan fingerprint density at radius 3 is 3.27 bits per heavy atom. The zero-order valence-electron chi connectivity index (χ0n) is 8.27. The first-order valence-electron chi connectivity index (χ1n) is 4.67. The summed E-state index contributed by atoms with van der Waals surface area (Å²) in [5.41, 5.74) is 0.938. The van der Waals surface area contributed by atoms with Gasteiger partial charge in [0.2, 0.25) is 0 Å². The Bertz CT molecular complexity index is 451. The Balaban J connectivity index is 2.12. The number of nitrogens with zero attached hydrogens (tertiary/aromatic N) is 2. The molecule has 0 aliphatic heterocycles. The summed E-state index contributed by atoms with van der Waals surface area (Å²) in [4.78, 5) is 5.11. The van der Waals surface area contributed by atoms with Crippen molar-refractivity contribution in [1.29, 1.82) is 0 Å². The molecule has 15 heavy (non-hydrogen) atoms. The number of thiazole rings is 1.